The first-order chi connectivity index (χ1) is 8.24. The van der Waals surface area contributed by atoms with E-state index in [-0.39, 0.29) is 0 Å². The molecule has 0 fully saturated rings. The van der Waals surface area contributed by atoms with E-state index >= 15 is 0 Å². The van der Waals surface area contributed by atoms with Gasteiger partial charge in [-0.25, -0.2) is 0 Å². The van der Waals surface area contributed by atoms with Crippen molar-refractivity contribution >= 4 is 30.2 Å². The summed E-state index contributed by atoms with van der Waals surface area (Å²) in [6, 6.07) is 17.5. The second-order valence-corrected chi connectivity index (χ2v) is 8.66. The molecule has 17 heavy (non-hydrogen) atoms. The Kier molecular flexibility index (Phi) is 4.77. The van der Waals surface area contributed by atoms with Gasteiger partial charge in [-0.1, -0.05) is 35.4 Å². The third kappa shape index (κ3) is 4.26. The first-order valence-electron chi connectivity index (χ1n) is 5.46. The zero-order valence-electron chi connectivity index (χ0n) is 9.94. The fourth-order valence-corrected chi connectivity index (χ4v) is 5.73. The Morgan fingerprint density at radius 1 is 0.647 bits per heavy atom. The van der Waals surface area contributed by atoms with E-state index in [9.17, 15) is 0 Å². The summed E-state index contributed by atoms with van der Waals surface area (Å²) in [5.41, 5.74) is 2.65. The van der Waals surface area contributed by atoms with Crippen LogP contribution in [0.2, 0.25) is 0 Å². The van der Waals surface area contributed by atoms with Gasteiger partial charge in [0.1, 0.15) is 0 Å². The average molecular weight is 274 g/mol. The summed E-state index contributed by atoms with van der Waals surface area (Å²) in [5.74, 6) is 0. The number of rotatable bonds is 4. The maximum absolute atomic E-state index is 2.20. The number of benzene rings is 2. The molecule has 0 heterocycles. The van der Waals surface area contributed by atoms with E-state index in [1.54, 1.807) is 0 Å². The lowest BCUT2D eigenvalue weighted by molar-refractivity contribution is 1.38. The molecule has 0 aromatic heterocycles. The van der Waals surface area contributed by atoms with E-state index in [0.717, 1.165) is 7.82 Å². The van der Waals surface area contributed by atoms with Gasteiger partial charge in [-0.3, -0.25) is 0 Å². The average Bonchev–Trinajstić information content (AvgIpc) is 2.34. The Labute approximate surface area is 113 Å². The molecule has 0 saturated heterocycles. The second-order valence-electron chi connectivity index (χ2n) is 3.91. The van der Waals surface area contributed by atoms with Gasteiger partial charge in [0.2, 0.25) is 7.82 Å². The summed E-state index contributed by atoms with van der Waals surface area (Å²) in [5, 5.41) is 0. The number of hydrogen-bond donors (Lipinski definition) is 0. The van der Waals surface area contributed by atoms with Crippen molar-refractivity contribution in [3.63, 3.8) is 0 Å². The van der Waals surface area contributed by atoms with Crippen LogP contribution in [0.3, 0.4) is 0 Å². The predicted octanol–water partition coefficient (Wildman–Crippen LogP) is 4.72. The molecule has 0 saturated carbocycles. The van der Waals surface area contributed by atoms with Crippen molar-refractivity contribution in [1.82, 2.24) is 0 Å². The molecule has 0 atom stereocenters. The van der Waals surface area contributed by atoms with E-state index in [0.29, 0.717) is 0 Å². The third-order valence-corrected chi connectivity index (χ3v) is 6.96. The van der Waals surface area contributed by atoms with E-state index in [1.807, 2.05) is 22.4 Å². The third-order valence-electron chi connectivity index (χ3n) is 2.36. The normalized spacial score (nSPS) is 10.5. The summed E-state index contributed by atoms with van der Waals surface area (Å²) >= 11 is 3.84. The Bertz CT molecular complexity index is 417. The summed E-state index contributed by atoms with van der Waals surface area (Å²) in [4.78, 5) is 2.71. The van der Waals surface area contributed by atoms with Crippen molar-refractivity contribution in [3.05, 3.63) is 59.7 Å². The number of hydrogen-bond acceptors (Lipinski definition) is 2. The number of aryl methyl sites for hydroxylation is 2. The van der Waals surface area contributed by atoms with Crippen LogP contribution in [0.1, 0.15) is 11.1 Å². The molecule has 0 bridgehead atoms. The van der Waals surface area contributed by atoms with Crippen LogP contribution >= 0.6 is 22.4 Å². The molecule has 0 spiro atoms. The summed E-state index contributed by atoms with van der Waals surface area (Å²) < 4.78 is 0. The smallest absolute Gasteiger partial charge is 0.140 e. The SMILES string of the molecule is Cc1ccc(S[Si]Sc2ccc(C)cc2)cc1. The fraction of sp³-hybridized carbons (Fsp3) is 0.143. The topological polar surface area (TPSA) is 0 Å². The minimum absolute atomic E-state index is 0.814. The summed E-state index contributed by atoms with van der Waals surface area (Å²) in [6.07, 6.45) is 0. The van der Waals surface area contributed by atoms with Crippen LogP contribution < -0.4 is 0 Å². The lowest BCUT2D eigenvalue weighted by Gasteiger charge is -2.02. The van der Waals surface area contributed by atoms with Crippen molar-refractivity contribution in [1.29, 1.82) is 0 Å². The predicted molar refractivity (Wildman–Crippen MR) is 79.8 cm³/mol. The molecule has 0 N–H and O–H groups in total. The lowest BCUT2D eigenvalue weighted by Crippen LogP contribution is -1.80. The summed E-state index contributed by atoms with van der Waals surface area (Å²) in [7, 11) is 0.814. The Morgan fingerprint density at radius 2 is 1.00 bits per heavy atom. The van der Waals surface area contributed by atoms with Crippen molar-refractivity contribution in [2.75, 3.05) is 0 Å². The van der Waals surface area contributed by atoms with Crippen LogP contribution in [-0.4, -0.2) is 7.82 Å². The molecule has 0 aliphatic rings. The lowest BCUT2D eigenvalue weighted by atomic mass is 10.2. The zero-order chi connectivity index (χ0) is 12.1. The van der Waals surface area contributed by atoms with Gasteiger partial charge < -0.3 is 0 Å². The minimum atomic E-state index is 0.814. The molecule has 2 rings (SSSR count). The highest BCUT2D eigenvalue weighted by atomic mass is 32.6. The van der Waals surface area contributed by atoms with Crippen LogP contribution in [0.5, 0.6) is 0 Å². The van der Waals surface area contributed by atoms with Gasteiger partial charge in [-0.15, -0.1) is 22.4 Å². The van der Waals surface area contributed by atoms with Gasteiger partial charge in [0.05, 0.1) is 0 Å². The largest absolute Gasteiger partial charge is 0.214 e. The quantitative estimate of drug-likeness (QED) is 0.740. The second kappa shape index (κ2) is 6.33. The molecule has 2 radical (unpaired) electrons. The first-order valence-corrected chi connectivity index (χ1v) is 9.54. The molecule has 3 heteroatoms. The summed E-state index contributed by atoms with van der Waals surface area (Å²) in [6.45, 7) is 4.25. The minimum Gasteiger partial charge on any atom is -0.140 e. The molecule has 2 aromatic rings. The zero-order valence-corrected chi connectivity index (χ0v) is 12.6. The van der Waals surface area contributed by atoms with Crippen LogP contribution in [0.4, 0.5) is 0 Å². The molecular weight excluding hydrogens is 260 g/mol. The van der Waals surface area contributed by atoms with Gasteiger partial charge in [0.15, 0.2) is 0 Å². The highest BCUT2D eigenvalue weighted by Crippen LogP contribution is 2.25. The van der Waals surface area contributed by atoms with E-state index < -0.39 is 0 Å². The molecule has 0 amide bonds. The van der Waals surface area contributed by atoms with E-state index in [1.165, 1.54) is 20.9 Å². The Hall–Kier alpha value is -0.643. The molecular formula is C14H14S2Si. The van der Waals surface area contributed by atoms with Crippen LogP contribution in [-0.2, 0) is 0 Å². The van der Waals surface area contributed by atoms with Crippen LogP contribution in [0, 0.1) is 13.8 Å². The van der Waals surface area contributed by atoms with Gasteiger partial charge in [-0.05, 0) is 38.1 Å². The van der Waals surface area contributed by atoms with E-state index in [4.69, 9.17) is 0 Å². The standard InChI is InChI=1S/C14H14S2Si/c1-11-3-7-13(8-4-11)15-17-16-14-9-5-12(2)6-10-14/h3-10H,1-2H3. The van der Waals surface area contributed by atoms with Gasteiger partial charge in [-0.2, -0.15) is 0 Å². The van der Waals surface area contributed by atoms with Crippen LogP contribution in [0.25, 0.3) is 0 Å². The highest BCUT2D eigenvalue weighted by Gasteiger charge is 1.98. The van der Waals surface area contributed by atoms with Crippen molar-refractivity contribution < 1.29 is 0 Å². The first kappa shape index (κ1) is 12.8. The highest BCUT2D eigenvalue weighted by molar-refractivity contribution is 8.50. The molecule has 0 nitrogen and oxygen atoms in total. The van der Waals surface area contributed by atoms with E-state index in [2.05, 4.69) is 62.4 Å². The fourth-order valence-electron chi connectivity index (χ4n) is 1.33. The molecule has 86 valence electrons. The molecule has 0 unspecified atom stereocenters. The van der Waals surface area contributed by atoms with Gasteiger partial charge in [0.25, 0.3) is 0 Å². The van der Waals surface area contributed by atoms with Crippen molar-refractivity contribution in [2.24, 2.45) is 0 Å². The molecule has 0 aliphatic heterocycles. The Balaban J connectivity index is 1.83. The maximum Gasteiger partial charge on any atom is 0.214 e. The van der Waals surface area contributed by atoms with Crippen LogP contribution in [0.15, 0.2) is 58.3 Å². The van der Waals surface area contributed by atoms with Gasteiger partial charge >= 0.3 is 0 Å². The van der Waals surface area contributed by atoms with Crippen molar-refractivity contribution in [2.45, 2.75) is 23.6 Å². The maximum atomic E-state index is 2.20. The Morgan fingerprint density at radius 3 is 1.35 bits per heavy atom. The molecule has 2 aromatic carbocycles. The van der Waals surface area contributed by atoms with Gasteiger partial charge in [0, 0.05) is 9.79 Å². The monoisotopic (exact) mass is 274 g/mol. The van der Waals surface area contributed by atoms with Crippen molar-refractivity contribution in [3.8, 4) is 0 Å². The molecule has 0 aliphatic carbocycles.